The molecule has 1 aliphatic carbocycles. The number of allylic oxidation sites excluding steroid dienone is 2. The fourth-order valence-electron chi connectivity index (χ4n) is 2.24. The molecule has 0 aromatic carbocycles. The van der Waals surface area contributed by atoms with Gasteiger partial charge in [-0.15, -0.1) is 12.4 Å². The van der Waals surface area contributed by atoms with Crippen LogP contribution in [-0.4, -0.2) is 42.2 Å². The highest BCUT2D eigenvalue weighted by Crippen LogP contribution is 2.31. The first-order valence-corrected chi connectivity index (χ1v) is 8.11. The zero-order valence-electron chi connectivity index (χ0n) is 14.7. The highest BCUT2D eigenvalue weighted by molar-refractivity contribution is 6.67. The lowest BCUT2D eigenvalue weighted by atomic mass is 9.80. The van der Waals surface area contributed by atoms with Crippen LogP contribution in [0.5, 0.6) is 0 Å². The molecule has 2 heterocycles. The molecular formula is C18H17Cl2N3O5. The SMILES string of the molecule is CC1(C(=O)O)C=CC=C(C(=O)O)C1.Cl.O=C(Cl)c1cnn(-c2cccnc2)c1. The average Bonchev–Trinajstić information content (AvgIpc) is 3.13. The Morgan fingerprint density at radius 1 is 1.25 bits per heavy atom. The summed E-state index contributed by atoms with van der Waals surface area (Å²) in [6.07, 6.45) is 10.7. The molecule has 0 aliphatic heterocycles. The summed E-state index contributed by atoms with van der Waals surface area (Å²) in [5, 5.41) is 20.9. The maximum atomic E-state index is 10.8. The fraction of sp³-hybridized carbons (Fsp3) is 0.167. The first-order chi connectivity index (χ1) is 12.7. The number of carboxylic acids is 2. The van der Waals surface area contributed by atoms with Crippen molar-refractivity contribution in [3.63, 3.8) is 0 Å². The molecule has 3 rings (SSSR count). The first kappa shape index (κ1) is 23.1. The van der Waals surface area contributed by atoms with E-state index in [1.807, 2.05) is 6.07 Å². The number of aromatic nitrogens is 3. The van der Waals surface area contributed by atoms with Crippen LogP contribution in [0.4, 0.5) is 0 Å². The second-order valence-electron chi connectivity index (χ2n) is 5.91. The molecule has 1 aliphatic rings. The van der Waals surface area contributed by atoms with Crippen LogP contribution >= 0.6 is 24.0 Å². The van der Waals surface area contributed by atoms with Gasteiger partial charge in [-0.25, -0.2) is 9.48 Å². The third-order valence-electron chi connectivity index (χ3n) is 3.80. The topological polar surface area (TPSA) is 122 Å². The van der Waals surface area contributed by atoms with Crippen LogP contribution in [0.15, 0.2) is 60.7 Å². The molecular weight excluding hydrogens is 409 g/mol. The van der Waals surface area contributed by atoms with E-state index in [1.165, 1.54) is 31.3 Å². The molecule has 0 saturated carbocycles. The van der Waals surface area contributed by atoms with E-state index in [1.54, 1.807) is 29.3 Å². The van der Waals surface area contributed by atoms with E-state index >= 15 is 0 Å². The van der Waals surface area contributed by atoms with E-state index in [0.29, 0.717) is 5.56 Å². The van der Waals surface area contributed by atoms with Gasteiger partial charge in [0.05, 0.1) is 29.1 Å². The molecule has 28 heavy (non-hydrogen) atoms. The van der Waals surface area contributed by atoms with Crippen LogP contribution in [0, 0.1) is 5.41 Å². The Bertz CT molecular complexity index is 924. The number of carboxylic acid groups (broad SMARTS) is 2. The van der Waals surface area contributed by atoms with E-state index in [2.05, 4.69) is 10.1 Å². The molecule has 0 saturated heterocycles. The summed E-state index contributed by atoms with van der Waals surface area (Å²) in [6.45, 7) is 1.50. The Morgan fingerprint density at radius 2 is 1.96 bits per heavy atom. The standard InChI is InChI=1S/C9H6ClN3O.C9H10O4.ClH/c10-9(14)7-4-12-13(6-7)8-2-1-3-11-5-8;1-9(8(12)13)4-2-3-6(5-9)7(10)11;/h1-6H;2-4H,5H2,1H3,(H,10,11)(H,12,13);1H. The quantitative estimate of drug-likeness (QED) is 0.721. The van der Waals surface area contributed by atoms with E-state index in [0.717, 1.165) is 5.69 Å². The van der Waals surface area contributed by atoms with Gasteiger partial charge in [0.2, 0.25) is 0 Å². The van der Waals surface area contributed by atoms with Gasteiger partial charge in [0.1, 0.15) is 0 Å². The zero-order chi connectivity index (χ0) is 20.0. The Hall–Kier alpha value is -2.97. The molecule has 0 fully saturated rings. The van der Waals surface area contributed by atoms with Crippen LogP contribution in [0.3, 0.4) is 0 Å². The minimum absolute atomic E-state index is 0. The van der Waals surface area contributed by atoms with Crippen LogP contribution in [0.1, 0.15) is 23.7 Å². The number of carbonyl (C=O) groups is 3. The highest BCUT2D eigenvalue weighted by atomic mass is 35.5. The number of halogens is 2. The van der Waals surface area contributed by atoms with Gasteiger partial charge in [-0.05, 0) is 37.1 Å². The van der Waals surface area contributed by atoms with Gasteiger partial charge in [0, 0.05) is 18.0 Å². The molecule has 2 aromatic rings. The maximum absolute atomic E-state index is 10.8. The third-order valence-corrected chi connectivity index (χ3v) is 4.02. The zero-order valence-corrected chi connectivity index (χ0v) is 16.2. The summed E-state index contributed by atoms with van der Waals surface area (Å²) in [4.78, 5) is 36.1. The molecule has 10 heteroatoms. The normalized spacial score (nSPS) is 17.4. The van der Waals surface area contributed by atoms with Crippen molar-refractivity contribution in [1.82, 2.24) is 14.8 Å². The van der Waals surface area contributed by atoms with Crippen molar-refractivity contribution < 1.29 is 24.6 Å². The Labute approximate surface area is 171 Å². The van der Waals surface area contributed by atoms with Crippen LogP contribution in [-0.2, 0) is 9.59 Å². The molecule has 0 radical (unpaired) electrons. The summed E-state index contributed by atoms with van der Waals surface area (Å²) >= 11 is 5.30. The Morgan fingerprint density at radius 3 is 2.46 bits per heavy atom. The molecule has 8 nitrogen and oxygen atoms in total. The number of rotatable bonds is 4. The first-order valence-electron chi connectivity index (χ1n) is 7.73. The van der Waals surface area contributed by atoms with Crippen molar-refractivity contribution >= 4 is 41.2 Å². The van der Waals surface area contributed by atoms with Gasteiger partial charge in [-0.1, -0.05) is 18.2 Å². The van der Waals surface area contributed by atoms with E-state index in [-0.39, 0.29) is 24.4 Å². The van der Waals surface area contributed by atoms with Crippen molar-refractivity contribution in [3.05, 3.63) is 66.3 Å². The van der Waals surface area contributed by atoms with Crippen molar-refractivity contribution in [2.45, 2.75) is 13.3 Å². The van der Waals surface area contributed by atoms with E-state index in [9.17, 15) is 14.4 Å². The predicted octanol–water partition coefficient (Wildman–Crippen LogP) is 3.12. The van der Waals surface area contributed by atoms with Gasteiger partial charge in [-0.2, -0.15) is 5.10 Å². The number of hydrogen-bond donors (Lipinski definition) is 2. The monoisotopic (exact) mass is 425 g/mol. The van der Waals surface area contributed by atoms with Gasteiger partial charge >= 0.3 is 11.9 Å². The molecule has 2 N–H and O–H groups in total. The number of hydrogen-bond acceptors (Lipinski definition) is 5. The molecule has 1 unspecified atom stereocenters. The van der Waals surface area contributed by atoms with Gasteiger partial charge < -0.3 is 10.2 Å². The minimum atomic E-state index is -1.08. The van der Waals surface area contributed by atoms with Crippen LogP contribution in [0.25, 0.3) is 5.69 Å². The van der Waals surface area contributed by atoms with Crippen molar-refractivity contribution in [2.24, 2.45) is 5.41 Å². The summed E-state index contributed by atoms with van der Waals surface area (Å²) < 4.78 is 1.54. The number of nitrogens with zero attached hydrogens (tertiary/aromatic N) is 3. The number of aliphatic carboxylic acids is 2. The molecule has 0 spiro atoms. The molecule has 0 amide bonds. The lowest BCUT2D eigenvalue weighted by molar-refractivity contribution is -0.145. The second-order valence-corrected chi connectivity index (χ2v) is 6.26. The lowest BCUT2D eigenvalue weighted by Crippen LogP contribution is -2.28. The number of pyridine rings is 1. The largest absolute Gasteiger partial charge is 0.481 e. The Kier molecular flexibility index (Phi) is 8.09. The summed E-state index contributed by atoms with van der Waals surface area (Å²) in [5.41, 5.74) is 0.210. The third kappa shape index (κ3) is 5.77. The predicted molar refractivity (Wildman–Crippen MR) is 104 cm³/mol. The maximum Gasteiger partial charge on any atom is 0.331 e. The van der Waals surface area contributed by atoms with Gasteiger partial charge in [0.15, 0.2) is 0 Å². The molecule has 148 valence electrons. The summed E-state index contributed by atoms with van der Waals surface area (Å²) in [7, 11) is 0. The molecule has 1 atom stereocenters. The van der Waals surface area contributed by atoms with Crippen molar-refractivity contribution in [2.75, 3.05) is 0 Å². The van der Waals surface area contributed by atoms with Crippen LogP contribution in [0.2, 0.25) is 0 Å². The van der Waals surface area contributed by atoms with Crippen molar-refractivity contribution in [1.29, 1.82) is 0 Å². The van der Waals surface area contributed by atoms with Crippen molar-refractivity contribution in [3.8, 4) is 5.69 Å². The average molecular weight is 426 g/mol. The smallest absolute Gasteiger partial charge is 0.331 e. The number of carbonyl (C=O) groups excluding carboxylic acids is 1. The molecule has 0 bridgehead atoms. The molecule has 2 aromatic heterocycles. The van der Waals surface area contributed by atoms with Gasteiger partial charge in [-0.3, -0.25) is 14.6 Å². The fourth-order valence-corrected chi connectivity index (χ4v) is 2.34. The Balaban J connectivity index is 0.000000271. The van der Waals surface area contributed by atoms with Gasteiger partial charge in [0.25, 0.3) is 5.24 Å². The summed E-state index contributed by atoms with van der Waals surface area (Å²) in [6, 6.07) is 3.63. The van der Waals surface area contributed by atoms with Crippen LogP contribution < -0.4 is 0 Å². The van der Waals surface area contributed by atoms with E-state index in [4.69, 9.17) is 21.8 Å². The second kappa shape index (κ2) is 9.82. The highest BCUT2D eigenvalue weighted by Gasteiger charge is 2.34. The van der Waals surface area contributed by atoms with E-state index < -0.39 is 22.6 Å². The lowest BCUT2D eigenvalue weighted by Gasteiger charge is -2.23. The minimum Gasteiger partial charge on any atom is -0.481 e. The summed E-state index contributed by atoms with van der Waals surface area (Å²) in [5.74, 6) is -2.06.